The standard InChI is InChI=1S/C31H34ClN7OS2/c1-37-10-7-34-31(37)42-29-6-5-23(17-25(29)32)36-30-22(20-33)21-35-26-19-27(39-8-3-2-4-9-39)28(18-24(26)30)40-14-11-38-12-15-41-16-13-38/h5-7,10,17-19,21H,2-4,8-9,11-16H2,1H3,(H,35,36). The summed E-state index contributed by atoms with van der Waals surface area (Å²) in [5.74, 6) is 3.20. The van der Waals surface area contributed by atoms with Crippen molar-refractivity contribution in [3.63, 3.8) is 0 Å². The molecule has 11 heteroatoms. The topological polar surface area (TPSA) is 82.2 Å². The van der Waals surface area contributed by atoms with Gasteiger partial charge < -0.3 is 19.5 Å². The Morgan fingerprint density at radius 3 is 2.67 bits per heavy atom. The Hall–Kier alpha value is -3.10. The summed E-state index contributed by atoms with van der Waals surface area (Å²) in [6, 6.07) is 12.3. The van der Waals surface area contributed by atoms with E-state index in [4.69, 9.17) is 21.3 Å². The number of piperidine rings is 1. The Labute approximate surface area is 260 Å². The third-order valence-electron chi connectivity index (χ3n) is 7.71. The van der Waals surface area contributed by atoms with Crippen LogP contribution in [0.25, 0.3) is 10.9 Å². The van der Waals surface area contributed by atoms with Crippen LogP contribution in [0.1, 0.15) is 24.8 Å². The highest BCUT2D eigenvalue weighted by Crippen LogP contribution is 2.40. The molecular weight excluding hydrogens is 586 g/mol. The number of hydrogen-bond acceptors (Lipinski definition) is 9. The maximum atomic E-state index is 10.0. The fraction of sp³-hybridized carbons (Fsp3) is 0.387. The molecule has 0 saturated carbocycles. The van der Waals surface area contributed by atoms with E-state index >= 15 is 0 Å². The number of rotatable bonds is 9. The van der Waals surface area contributed by atoms with Crippen LogP contribution in [-0.4, -0.2) is 70.3 Å². The molecule has 2 saturated heterocycles. The predicted molar refractivity (Wildman–Crippen MR) is 174 cm³/mol. The number of thioether (sulfide) groups is 1. The average Bonchev–Trinajstić information content (AvgIpc) is 3.43. The van der Waals surface area contributed by atoms with E-state index < -0.39 is 0 Å². The summed E-state index contributed by atoms with van der Waals surface area (Å²) in [6.45, 7) is 5.75. The van der Waals surface area contributed by atoms with Gasteiger partial charge in [-0.2, -0.15) is 17.0 Å². The van der Waals surface area contributed by atoms with Crippen LogP contribution in [0.15, 0.2) is 59.0 Å². The number of aromatic nitrogens is 3. The molecule has 1 N–H and O–H groups in total. The van der Waals surface area contributed by atoms with E-state index in [0.717, 1.165) is 70.8 Å². The predicted octanol–water partition coefficient (Wildman–Crippen LogP) is 6.81. The quantitative estimate of drug-likeness (QED) is 0.217. The Kier molecular flexibility index (Phi) is 9.30. The van der Waals surface area contributed by atoms with Gasteiger partial charge in [0.1, 0.15) is 18.4 Å². The number of imidazole rings is 1. The maximum absolute atomic E-state index is 10.0. The van der Waals surface area contributed by atoms with E-state index in [2.05, 4.69) is 38.3 Å². The molecule has 2 aromatic carbocycles. The molecule has 0 amide bonds. The molecule has 218 valence electrons. The number of nitriles is 1. The van der Waals surface area contributed by atoms with E-state index in [1.807, 2.05) is 47.8 Å². The van der Waals surface area contributed by atoms with Crippen LogP contribution in [0.5, 0.6) is 5.75 Å². The molecule has 4 heterocycles. The Balaban J connectivity index is 1.31. The van der Waals surface area contributed by atoms with Crippen molar-refractivity contribution in [1.82, 2.24) is 19.4 Å². The van der Waals surface area contributed by atoms with Gasteiger partial charge in [-0.1, -0.05) is 23.4 Å². The van der Waals surface area contributed by atoms with Crippen LogP contribution < -0.4 is 15.0 Å². The molecule has 0 aliphatic carbocycles. The number of halogens is 1. The molecule has 0 atom stereocenters. The third kappa shape index (κ3) is 6.60. The summed E-state index contributed by atoms with van der Waals surface area (Å²) in [6.07, 6.45) is 8.92. The van der Waals surface area contributed by atoms with Gasteiger partial charge in [0.15, 0.2) is 5.16 Å². The van der Waals surface area contributed by atoms with Crippen molar-refractivity contribution in [3.05, 3.63) is 59.5 Å². The van der Waals surface area contributed by atoms with Gasteiger partial charge in [-0.05, 0) is 49.6 Å². The second kappa shape index (κ2) is 13.5. The molecule has 0 spiro atoms. The Bertz CT molecular complexity index is 1590. The molecule has 0 unspecified atom stereocenters. The van der Waals surface area contributed by atoms with Gasteiger partial charge in [-0.15, -0.1) is 0 Å². The number of fused-ring (bicyclic) bond motifs is 1. The zero-order valence-electron chi connectivity index (χ0n) is 23.7. The van der Waals surface area contributed by atoms with Crippen LogP contribution in [0.3, 0.4) is 0 Å². The molecule has 2 fully saturated rings. The zero-order valence-corrected chi connectivity index (χ0v) is 26.1. The van der Waals surface area contributed by atoms with Crippen LogP contribution in [0, 0.1) is 11.3 Å². The third-order valence-corrected chi connectivity index (χ3v) is 10.2. The minimum absolute atomic E-state index is 0.465. The summed E-state index contributed by atoms with van der Waals surface area (Å²) < 4.78 is 8.47. The minimum Gasteiger partial charge on any atom is -0.490 e. The minimum atomic E-state index is 0.465. The van der Waals surface area contributed by atoms with E-state index in [9.17, 15) is 5.26 Å². The van der Waals surface area contributed by atoms with Crippen molar-refractivity contribution in [2.45, 2.75) is 29.3 Å². The molecule has 2 aliphatic heterocycles. The summed E-state index contributed by atoms with van der Waals surface area (Å²) >= 11 is 10.2. The first-order valence-corrected chi connectivity index (χ1v) is 16.7. The van der Waals surface area contributed by atoms with Gasteiger partial charge in [-0.3, -0.25) is 9.88 Å². The first-order valence-electron chi connectivity index (χ1n) is 14.4. The Morgan fingerprint density at radius 2 is 1.93 bits per heavy atom. The highest BCUT2D eigenvalue weighted by Gasteiger charge is 2.20. The van der Waals surface area contributed by atoms with Gasteiger partial charge in [0.25, 0.3) is 0 Å². The number of benzene rings is 2. The lowest BCUT2D eigenvalue weighted by Gasteiger charge is -2.31. The second-order valence-electron chi connectivity index (χ2n) is 10.5. The normalized spacial score (nSPS) is 16.0. The molecular formula is C31H34ClN7OS2. The largest absolute Gasteiger partial charge is 0.490 e. The molecule has 0 bridgehead atoms. The smallest absolute Gasteiger partial charge is 0.172 e. The second-order valence-corrected chi connectivity index (χ2v) is 13.2. The van der Waals surface area contributed by atoms with Crippen molar-refractivity contribution in [1.29, 1.82) is 5.26 Å². The number of anilines is 3. The number of nitrogens with zero attached hydrogens (tertiary/aromatic N) is 6. The van der Waals surface area contributed by atoms with Crippen molar-refractivity contribution in [2.75, 3.05) is 61.1 Å². The summed E-state index contributed by atoms with van der Waals surface area (Å²) in [5.41, 5.74) is 3.86. The monoisotopic (exact) mass is 619 g/mol. The first kappa shape index (κ1) is 29.0. The van der Waals surface area contributed by atoms with Crippen molar-refractivity contribution < 1.29 is 4.74 Å². The number of pyridine rings is 1. The van der Waals surface area contributed by atoms with Crippen LogP contribution in [0.2, 0.25) is 5.02 Å². The van der Waals surface area contributed by atoms with Gasteiger partial charge >= 0.3 is 0 Å². The molecule has 42 heavy (non-hydrogen) atoms. The fourth-order valence-electron chi connectivity index (χ4n) is 5.39. The van der Waals surface area contributed by atoms with Crippen molar-refractivity contribution in [2.24, 2.45) is 7.05 Å². The molecule has 8 nitrogen and oxygen atoms in total. The lowest BCUT2D eigenvalue weighted by molar-refractivity contribution is 0.222. The maximum Gasteiger partial charge on any atom is 0.172 e. The van der Waals surface area contributed by atoms with Crippen LogP contribution in [0.4, 0.5) is 17.1 Å². The highest BCUT2D eigenvalue weighted by atomic mass is 35.5. The average molecular weight is 620 g/mol. The van der Waals surface area contributed by atoms with Gasteiger partial charge in [0.05, 0.1) is 27.5 Å². The Morgan fingerprint density at radius 1 is 1.10 bits per heavy atom. The lowest BCUT2D eigenvalue weighted by Crippen LogP contribution is -2.36. The van der Waals surface area contributed by atoms with Crippen molar-refractivity contribution >= 4 is 63.1 Å². The van der Waals surface area contributed by atoms with E-state index in [-0.39, 0.29) is 0 Å². The number of nitrogens with one attached hydrogen (secondary N) is 1. The molecule has 4 aromatic rings. The van der Waals surface area contributed by atoms with Crippen LogP contribution in [-0.2, 0) is 7.05 Å². The molecule has 2 aromatic heterocycles. The zero-order chi connectivity index (χ0) is 28.9. The first-order chi connectivity index (χ1) is 20.6. The van der Waals surface area contributed by atoms with Gasteiger partial charge in [0, 0.05) is 85.8 Å². The van der Waals surface area contributed by atoms with Gasteiger partial charge in [0.2, 0.25) is 0 Å². The molecule has 0 radical (unpaired) electrons. The number of aryl methyl sites for hydroxylation is 1. The summed E-state index contributed by atoms with van der Waals surface area (Å²) in [4.78, 5) is 14.9. The molecule has 2 aliphatic rings. The van der Waals surface area contributed by atoms with E-state index in [1.165, 1.54) is 42.5 Å². The molecule has 6 rings (SSSR count). The van der Waals surface area contributed by atoms with Crippen LogP contribution >= 0.6 is 35.1 Å². The summed E-state index contributed by atoms with van der Waals surface area (Å²) in [7, 11) is 1.96. The number of hydrogen-bond donors (Lipinski definition) is 1. The van der Waals surface area contributed by atoms with Gasteiger partial charge in [-0.25, -0.2) is 4.98 Å². The lowest BCUT2D eigenvalue weighted by atomic mass is 10.1. The number of ether oxygens (including phenoxy) is 1. The fourth-order valence-corrected chi connectivity index (χ4v) is 7.47. The van der Waals surface area contributed by atoms with E-state index in [1.54, 1.807) is 12.4 Å². The summed E-state index contributed by atoms with van der Waals surface area (Å²) in [5, 5.41) is 15.8. The SMILES string of the molecule is Cn1ccnc1Sc1ccc(Nc2c(C#N)cnc3cc(N4CCCCC4)c(OCCN4CCSCC4)cc23)cc1Cl. The highest BCUT2D eigenvalue weighted by molar-refractivity contribution is 7.99. The van der Waals surface area contributed by atoms with Crippen molar-refractivity contribution in [3.8, 4) is 11.8 Å². The van der Waals surface area contributed by atoms with E-state index in [0.29, 0.717) is 22.9 Å².